The zero-order valence-electron chi connectivity index (χ0n) is 11.5. The zero-order valence-corrected chi connectivity index (χ0v) is 12.2. The minimum Gasteiger partial charge on any atom is -0.457 e. The number of carbonyl (C=O) groups is 2. The molecule has 0 fully saturated rings. The highest BCUT2D eigenvalue weighted by Gasteiger charge is 2.18. The molecule has 1 aliphatic rings. The van der Waals surface area contributed by atoms with Crippen LogP contribution in [0.5, 0.6) is 11.5 Å². The summed E-state index contributed by atoms with van der Waals surface area (Å²) in [4.78, 5) is 23.5. The summed E-state index contributed by atoms with van der Waals surface area (Å²) in [6.45, 7) is 0. The summed E-state index contributed by atoms with van der Waals surface area (Å²) in [5.74, 6) is 0.678. The third kappa shape index (κ3) is 3.00. The number of benzene rings is 2. The van der Waals surface area contributed by atoms with E-state index in [4.69, 9.17) is 16.3 Å². The molecule has 0 unspecified atom stereocenters. The summed E-state index contributed by atoms with van der Waals surface area (Å²) in [5, 5.41) is 0.613. The minimum absolute atomic E-state index is 0.212. The maximum absolute atomic E-state index is 12.0. The van der Waals surface area contributed by atoms with Crippen molar-refractivity contribution in [2.24, 2.45) is 0 Å². The molecule has 22 heavy (non-hydrogen) atoms. The van der Waals surface area contributed by atoms with Crippen molar-refractivity contribution in [3.05, 3.63) is 77.3 Å². The highest BCUT2D eigenvalue weighted by atomic mass is 35.5. The van der Waals surface area contributed by atoms with Gasteiger partial charge in [-0.25, -0.2) is 0 Å². The summed E-state index contributed by atoms with van der Waals surface area (Å²) in [6, 6.07) is 14.0. The van der Waals surface area contributed by atoms with Crippen molar-refractivity contribution in [3.63, 3.8) is 0 Å². The predicted molar refractivity (Wildman–Crippen MR) is 85.1 cm³/mol. The fourth-order valence-electron chi connectivity index (χ4n) is 2.13. The Bertz CT molecular complexity index is 801. The van der Waals surface area contributed by atoms with Gasteiger partial charge in [0.15, 0.2) is 11.6 Å². The Morgan fingerprint density at radius 3 is 2.36 bits per heavy atom. The lowest BCUT2D eigenvalue weighted by Gasteiger charge is -2.13. The maximum atomic E-state index is 12.0. The molecule has 0 bridgehead atoms. The lowest BCUT2D eigenvalue weighted by Crippen LogP contribution is -2.07. The van der Waals surface area contributed by atoms with E-state index in [1.165, 1.54) is 18.2 Å². The number of para-hydroxylation sites is 1. The monoisotopic (exact) mass is 310 g/mol. The van der Waals surface area contributed by atoms with Crippen molar-refractivity contribution < 1.29 is 14.3 Å². The molecule has 4 heteroatoms. The van der Waals surface area contributed by atoms with E-state index in [0.29, 0.717) is 27.7 Å². The predicted octanol–water partition coefficient (Wildman–Crippen LogP) is 4.22. The Morgan fingerprint density at radius 2 is 1.59 bits per heavy atom. The fraction of sp³-hybridized carbons (Fsp3) is 0. The minimum atomic E-state index is -0.216. The first kappa shape index (κ1) is 14.3. The van der Waals surface area contributed by atoms with Crippen LogP contribution in [0.2, 0.25) is 5.02 Å². The van der Waals surface area contributed by atoms with E-state index in [1.807, 2.05) is 0 Å². The third-order valence-corrected chi connectivity index (χ3v) is 3.42. The smallest absolute Gasteiger partial charge is 0.186 e. The molecule has 2 aromatic carbocycles. The van der Waals surface area contributed by atoms with Crippen LogP contribution in [0, 0.1) is 0 Å². The van der Waals surface area contributed by atoms with Crippen LogP contribution in [-0.4, -0.2) is 11.6 Å². The second-order valence-electron chi connectivity index (χ2n) is 4.71. The van der Waals surface area contributed by atoms with Crippen molar-refractivity contribution in [2.45, 2.75) is 0 Å². The number of rotatable bonds is 3. The van der Waals surface area contributed by atoms with Gasteiger partial charge in [0.05, 0.1) is 0 Å². The lowest BCUT2D eigenvalue weighted by atomic mass is 9.95. The first-order chi connectivity index (χ1) is 10.6. The molecule has 0 spiro atoms. The van der Waals surface area contributed by atoms with E-state index < -0.39 is 0 Å². The van der Waals surface area contributed by atoms with Crippen LogP contribution in [0.3, 0.4) is 0 Å². The topological polar surface area (TPSA) is 43.4 Å². The van der Waals surface area contributed by atoms with E-state index in [1.54, 1.807) is 48.5 Å². The van der Waals surface area contributed by atoms with E-state index >= 15 is 0 Å². The van der Waals surface area contributed by atoms with Gasteiger partial charge >= 0.3 is 0 Å². The highest BCUT2D eigenvalue weighted by Crippen LogP contribution is 2.32. The molecule has 0 saturated heterocycles. The van der Waals surface area contributed by atoms with Crippen LogP contribution in [-0.2, 0) is 9.59 Å². The standard InChI is InChI=1S/C18H11ClO3/c19-12-5-8-14(9-6-12)22-18-4-2-1-3-15(18)16-11-13(20)7-10-17(16)21/h1-11H. The molecular weight excluding hydrogens is 300 g/mol. The maximum Gasteiger partial charge on any atom is 0.186 e. The highest BCUT2D eigenvalue weighted by molar-refractivity contribution is 6.34. The fourth-order valence-corrected chi connectivity index (χ4v) is 2.25. The number of halogens is 1. The van der Waals surface area contributed by atoms with Crippen molar-refractivity contribution in [1.29, 1.82) is 0 Å². The van der Waals surface area contributed by atoms with E-state index in [-0.39, 0.29) is 11.6 Å². The van der Waals surface area contributed by atoms with Crippen molar-refractivity contribution in [3.8, 4) is 11.5 Å². The molecule has 0 amide bonds. The number of hydrogen-bond donors (Lipinski definition) is 0. The third-order valence-electron chi connectivity index (χ3n) is 3.17. The number of hydrogen-bond acceptors (Lipinski definition) is 3. The quantitative estimate of drug-likeness (QED) is 0.797. The SMILES string of the molecule is O=C1C=CC(=O)C(c2ccccc2Oc2ccc(Cl)cc2)=C1. The van der Waals surface area contributed by atoms with Gasteiger partial charge in [-0.1, -0.05) is 29.8 Å². The Morgan fingerprint density at radius 1 is 0.864 bits per heavy atom. The normalized spacial score (nSPS) is 14.0. The average Bonchev–Trinajstić information content (AvgIpc) is 2.53. The first-order valence-corrected chi connectivity index (χ1v) is 7.02. The van der Waals surface area contributed by atoms with Gasteiger partial charge in [0.25, 0.3) is 0 Å². The molecule has 0 aliphatic heterocycles. The van der Waals surface area contributed by atoms with Crippen LogP contribution < -0.4 is 4.74 Å². The van der Waals surface area contributed by atoms with Gasteiger partial charge < -0.3 is 4.74 Å². The van der Waals surface area contributed by atoms with E-state index in [9.17, 15) is 9.59 Å². The molecule has 1 aliphatic carbocycles. The van der Waals surface area contributed by atoms with Gasteiger partial charge in [0.2, 0.25) is 0 Å². The summed E-state index contributed by atoms with van der Waals surface area (Å²) in [6.07, 6.45) is 3.86. The summed E-state index contributed by atoms with van der Waals surface area (Å²) in [7, 11) is 0. The van der Waals surface area contributed by atoms with Crippen LogP contribution in [0.25, 0.3) is 5.57 Å². The second-order valence-corrected chi connectivity index (χ2v) is 5.15. The summed E-state index contributed by atoms with van der Waals surface area (Å²) < 4.78 is 5.81. The molecule has 0 heterocycles. The van der Waals surface area contributed by atoms with Crippen molar-refractivity contribution in [2.75, 3.05) is 0 Å². The summed E-state index contributed by atoms with van der Waals surface area (Å²) >= 11 is 5.85. The molecule has 0 radical (unpaired) electrons. The Labute approximate surface area is 132 Å². The van der Waals surface area contributed by atoms with Crippen LogP contribution >= 0.6 is 11.6 Å². The van der Waals surface area contributed by atoms with Gasteiger partial charge in [-0.05, 0) is 48.6 Å². The second kappa shape index (κ2) is 6.00. The van der Waals surface area contributed by atoms with Gasteiger partial charge in [0, 0.05) is 16.2 Å². The molecule has 3 rings (SSSR count). The largest absolute Gasteiger partial charge is 0.457 e. The lowest BCUT2D eigenvalue weighted by molar-refractivity contribution is -0.113. The molecule has 2 aromatic rings. The average molecular weight is 311 g/mol. The first-order valence-electron chi connectivity index (χ1n) is 6.64. The van der Waals surface area contributed by atoms with Gasteiger partial charge in [-0.2, -0.15) is 0 Å². The van der Waals surface area contributed by atoms with E-state index in [0.717, 1.165) is 0 Å². The molecule has 0 N–H and O–H groups in total. The number of carbonyl (C=O) groups excluding carboxylic acids is 2. The molecule has 108 valence electrons. The number of ether oxygens (including phenoxy) is 1. The molecule has 0 aromatic heterocycles. The van der Waals surface area contributed by atoms with E-state index in [2.05, 4.69) is 0 Å². The number of ketones is 2. The van der Waals surface area contributed by atoms with Gasteiger partial charge in [0.1, 0.15) is 11.5 Å². The Hall–Kier alpha value is -2.65. The van der Waals surface area contributed by atoms with Crippen LogP contribution in [0.1, 0.15) is 5.56 Å². The Kier molecular flexibility index (Phi) is 3.90. The Balaban J connectivity index is 1.98. The van der Waals surface area contributed by atoms with Gasteiger partial charge in [-0.3, -0.25) is 9.59 Å². The van der Waals surface area contributed by atoms with Crippen molar-refractivity contribution in [1.82, 2.24) is 0 Å². The zero-order chi connectivity index (χ0) is 15.5. The molecule has 3 nitrogen and oxygen atoms in total. The van der Waals surface area contributed by atoms with Crippen molar-refractivity contribution >= 4 is 28.7 Å². The molecule has 0 atom stereocenters. The number of allylic oxidation sites excluding steroid dienone is 4. The van der Waals surface area contributed by atoms with Crippen LogP contribution in [0.4, 0.5) is 0 Å². The summed E-state index contributed by atoms with van der Waals surface area (Å²) in [5.41, 5.74) is 0.914. The molecular formula is C18H11ClO3. The molecule has 0 saturated carbocycles. The van der Waals surface area contributed by atoms with Gasteiger partial charge in [-0.15, -0.1) is 0 Å². The van der Waals surface area contributed by atoms with Crippen LogP contribution in [0.15, 0.2) is 66.8 Å².